The second-order valence-electron chi connectivity index (χ2n) is 5.28. The number of hydrogen-bond donors (Lipinski definition) is 1. The van der Waals surface area contributed by atoms with Crippen LogP contribution in [0.3, 0.4) is 0 Å². The number of carbonyl (C=O) groups excluding carboxylic acids is 2. The van der Waals surface area contributed by atoms with Gasteiger partial charge in [-0.2, -0.15) is 18.4 Å². The van der Waals surface area contributed by atoms with Crippen molar-refractivity contribution in [1.82, 2.24) is 5.32 Å². The number of nitrogens with zero attached hydrogens (tertiary/aromatic N) is 1. The molecule has 2 atom stereocenters. The number of hydrogen-bond acceptors (Lipinski definition) is 4. The predicted octanol–water partition coefficient (Wildman–Crippen LogP) is 2.46. The van der Waals surface area contributed by atoms with Gasteiger partial charge in [-0.15, -0.1) is 0 Å². The molecule has 8 heteroatoms. The molecule has 0 heterocycles. The predicted molar refractivity (Wildman–Crippen MR) is 78.5 cm³/mol. The first-order valence-electron chi connectivity index (χ1n) is 7.09. The summed E-state index contributed by atoms with van der Waals surface area (Å²) < 4.78 is 42.1. The van der Waals surface area contributed by atoms with Crippen molar-refractivity contribution in [2.24, 2.45) is 5.92 Å². The highest BCUT2D eigenvalue weighted by atomic mass is 19.4. The van der Waals surface area contributed by atoms with Gasteiger partial charge >= 0.3 is 12.1 Å². The summed E-state index contributed by atoms with van der Waals surface area (Å²) in [4.78, 5) is 23.7. The van der Waals surface area contributed by atoms with Gasteiger partial charge in [-0.05, 0) is 17.7 Å². The average Bonchev–Trinajstić information content (AvgIpc) is 2.51. The van der Waals surface area contributed by atoms with Gasteiger partial charge in [0.25, 0.3) is 0 Å². The SMILES string of the molecule is COC(=O)[C@H](NC(=O)Cc1ccc(C(F)(F)F)cc1)[C@H](C)CC#N. The molecule has 24 heavy (non-hydrogen) atoms. The van der Waals surface area contributed by atoms with E-state index in [0.717, 1.165) is 19.2 Å². The number of halogens is 3. The van der Waals surface area contributed by atoms with Gasteiger partial charge < -0.3 is 10.1 Å². The number of nitriles is 1. The van der Waals surface area contributed by atoms with Gasteiger partial charge in [-0.1, -0.05) is 19.1 Å². The first kappa shape index (κ1) is 19.5. The van der Waals surface area contributed by atoms with Gasteiger partial charge in [0.2, 0.25) is 5.91 Å². The number of rotatable bonds is 6. The summed E-state index contributed by atoms with van der Waals surface area (Å²) in [6, 6.07) is 5.10. The highest BCUT2D eigenvalue weighted by Gasteiger charge is 2.30. The van der Waals surface area contributed by atoms with E-state index in [1.54, 1.807) is 6.92 Å². The number of benzene rings is 1. The maximum absolute atomic E-state index is 12.5. The number of carbonyl (C=O) groups is 2. The molecule has 5 nitrogen and oxygen atoms in total. The van der Waals surface area contributed by atoms with Crippen molar-refractivity contribution in [2.45, 2.75) is 32.0 Å². The van der Waals surface area contributed by atoms with Gasteiger partial charge in [-0.25, -0.2) is 4.79 Å². The molecular weight excluding hydrogens is 325 g/mol. The smallest absolute Gasteiger partial charge is 0.416 e. The number of esters is 1. The molecule has 0 saturated carbocycles. The lowest BCUT2D eigenvalue weighted by Crippen LogP contribution is -2.46. The molecule has 0 fully saturated rings. The van der Waals surface area contributed by atoms with Crippen molar-refractivity contribution in [3.8, 4) is 6.07 Å². The zero-order valence-electron chi connectivity index (χ0n) is 13.2. The first-order chi connectivity index (χ1) is 11.2. The molecule has 1 aromatic rings. The number of ether oxygens (including phenoxy) is 1. The van der Waals surface area contributed by atoms with E-state index >= 15 is 0 Å². The van der Waals surface area contributed by atoms with Crippen LogP contribution in [-0.2, 0) is 26.9 Å². The van der Waals surface area contributed by atoms with Crippen LogP contribution >= 0.6 is 0 Å². The lowest BCUT2D eigenvalue weighted by Gasteiger charge is -2.21. The Morgan fingerprint density at radius 1 is 1.29 bits per heavy atom. The molecule has 0 aliphatic rings. The minimum Gasteiger partial charge on any atom is -0.467 e. The molecule has 0 saturated heterocycles. The molecule has 0 aliphatic carbocycles. The van der Waals surface area contributed by atoms with E-state index in [9.17, 15) is 22.8 Å². The topological polar surface area (TPSA) is 79.2 Å². The zero-order chi connectivity index (χ0) is 18.3. The third kappa shape index (κ3) is 5.57. The molecule has 0 radical (unpaired) electrons. The number of amides is 1. The Hall–Kier alpha value is -2.56. The standard InChI is InChI=1S/C16H17F3N2O3/c1-10(7-8-20)14(15(23)24-2)21-13(22)9-11-3-5-12(6-4-11)16(17,18)19/h3-6,10,14H,7,9H2,1-2H3,(H,21,22)/t10-,14-/m1/s1. The fourth-order valence-electron chi connectivity index (χ4n) is 2.04. The summed E-state index contributed by atoms with van der Waals surface area (Å²) in [5.41, 5.74) is -0.432. The second-order valence-corrected chi connectivity index (χ2v) is 5.28. The third-order valence-corrected chi connectivity index (χ3v) is 3.40. The Morgan fingerprint density at radius 2 is 1.88 bits per heavy atom. The Balaban J connectivity index is 2.75. The highest BCUT2D eigenvalue weighted by Crippen LogP contribution is 2.29. The Labute approximate surface area is 137 Å². The molecule has 0 spiro atoms. The summed E-state index contributed by atoms with van der Waals surface area (Å²) in [7, 11) is 1.16. The fourth-order valence-corrected chi connectivity index (χ4v) is 2.04. The van der Waals surface area contributed by atoms with Crippen LogP contribution in [0.15, 0.2) is 24.3 Å². The molecule has 0 aliphatic heterocycles. The molecule has 0 unspecified atom stereocenters. The lowest BCUT2D eigenvalue weighted by atomic mass is 9.98. The van der Waals surface area contributed by atoms with Gasteiger partial charge in [0.15, 0.2) is 0 Å². The number of nitrogens with one attached hydrogen (secondary N) is 1. The van der Waals surface area contributed by atoms with E-state index in [0.29, 0.717) is 5.56 Å². The molecule has 1 rings (SSSR count). The summed E-state index contributed by atoms with van der Waals surface area (Å²) in [6.07, 6.45) is -4.59. The maximum Gasteiger partial charge on any atom is 0.416 e. The van der Waals surface area contributed by atoms with Crippen LogP contribution < -0.4 is 5.32 Å². The van der Waals surface area contributed by atoms with E-state index in [4.69, 9.17) is 5.26 Å². The van der Waals surface area contributed by atoms with Crippen molar-refractivity contribution >= 4 is 11.9 Å². The maximum atomic E-state index is 12.5. The van der Waals surface area contributed by atoms with Gasteiger partial charge in [0, 0.05) is 12.3 Å². The van der Waals surface area contributed by atoms with Gasteiger partial charge in [0.05, 0.1) is 25.2 Å². The Morgan fingerprint density at radius 3 is 2.33 bits per heavy atom. The van der Waals surface area contributed by atoms with Crippen LogP contribution in [0, 0.1) is 17.2 Å². The number of methoxy groups -OCH3 is 1. The van der Waals surface area contributed by atoms with E-state index in [1.807, 2.05) is 6.07 Å². The molecular formula is C16H17F3N2O3. The summed E-state index contributed by atoms with van der Waals surface area (Å²) in [5.74, 6) is -1.69. The van der Waals surface area contributed by atoms with Crippen molar-refractivity contribution in [1.29, 1.82) is 5.26 Å². The Kier molecular flexibility index (Phi) is 6.77. The largest absolute Gasteiger partial charge is 0.467 e. The minimum absolute atomic E-state index is 0.0420. The van der Waals surface area contributed by atoms with Gasteiger partial charge in [0.1, 0.15) is 6.04 Å². The third-order valence-electron chi connectivity index (χ3n) is 3.40. The van der Waals surface area contributed by atoms with Crippen molar-refractivity contribution in [3.05, 3.63) is 35.4 Å². The van der Waals surface area contributed by atoms with Crippen LogP contribution in [-0.4, -0.2) is 25.0 Å². The summed E-state index contributed by atoms with van der Waals surface area (Å²) >= 11 is 0. The highest BCUT2D eigenvalue weighted by molar-refractivity contribution is 5.85. The normalized spacial score (nSPS) is 13.5. The van der Waals surface area contributed by atoms with E-state index in [2.05, 4.69) is 10.1 Å². The first-order valence-corrected chi connectivity index (χ1v) is 7.09. The molecule has 1 aromatic carbocycles. The van der Waals surface area contributed by atoms with Crippen LogP contribution in [0.1, 0.15) is 24.5 Å². The molecule has 0 bridgehead atoms. The van der Waals surface area contributed by atoms with Crippen LogP contribution in [0.4, 0.5) is 13.2 Å². The van der Waals surface area contributed by atoms with Crippen molar-refractivity contribution in [2.75, 3.05) is 7.11 Å². The quantitative estimate of drug-likeness (QED) is 0.806. The molecule has 1 N–H and O–H groups in total. The van der Waals surface area contributed by atoms with E-state index < -0.39 is 35.6 Å². The van der Waals surface area contributed by atoms with Crippen LogP contribution in [0.25, 0.3) is 0 Å². The number of alkyl halides is 3. The zero-order valence-corrected chi connectivity index (χ0v) is 13.2. The second kappa shape index (κ2) is 8.34. The Bertz CT molecular complexity index is 621. The fraction of sp³-hybridized carbons (Fsp3) is 0.438. The van der Waals surface area contributed by atoms with E-state index in [1.165, 1.54) is 12.1 Å². The summed E-state index contributed by atoms with van der Waals surface area (Å²) in [6.45, 7) is 1.61. The average molecular weight is 342 g/mol. The van der Waals surface area contributed by atoms with Crippen LogP contribution in [0.5, 0.6) is 0 Å². The van der Waals surface area contributed by atoms with Crippen LogP contribution in [0.2, 0.25) is 0 Å². The lowest BCUT2D eigenvalue weighted by molar-refractivity contribution is -0.146. The van der Waals surface area contributed by atoms with Crippen molar-refractivity contribution < 1.29 is 27.5 Å². The van der Waals surface area contributed by atoms with Crippen molar-refractivity contribution in [3.63, 3.8) is 0 Å². The molecule has 0 aromatic heterocycles. The molecule has 1 amide bonds. The monoisotopic (exact) mass is 342 g/mol. The summed E-state index contributed by atoms with van der Waals surface area (Å²) in [5, 5.41) is 11.2. The minimum atomic E-state index is -4.44. The molecule has 130 valence electrons. The van der Waals surface area contributed by atoms with Gasteiger partial charge in [-0.3, -0.25) is 4.79 Å². The van der Waals surface area contributed by atoms with E-state index in [-0.39, 0.29) is 12.8 Å².